The number of fused-ring (bicyclic) bond motifs is 1. The van der Waals surface area contributed by atoms with E-state index in [1.165, 1.54) is 0 Å². The summed E-state index contributed by atoms with van der Waals surface area (Å²) >= 11 is 0. The minimum absolute atomic E-state index is 0.0205. The lowest BCUT2D eigenvalue weighted by Crippen LogP contribution is -2.29. The Morgan fingerprint density at radius 1 is 1.50 bits per heavy atom. The second-order valence-electron chi connectivity index (χ2n) is 4.63. The van der Waals surface area contributed by atoms with Crippen LogP contribution in [0.15, 0.2) is 18.3 Å². The van der Waals surface area contributed by atoms with Crippen molar-refractivity contribution >= 4 is 17.1 Å². The number of rotatable bonds is 4. The largest absolute Gasteiger partial charge is 0.355 e. The Hall–Kier alpha value is -1.91. The average Bonchev–Trinajstić information content (AvgIpc) is 2.67. The molecular formula is C13H18N4O. The van der Waals surface area contributed by atoms with Crippen molar-refractivity contribution in [2.45, 2.75) is 20.3 Å². The molecule has 2 aromatic rings. The monoisotopic (exact) mass is 246 g/mol. The van der Waals surface area contributed by atoms with Gasteiger partial charge in [-0.05, 0) is 12.1 Å². The van der Waals surface area contributed by atoms with E-state index in [-0.39, 0.29) is 11.8 Å². The van der Waals surface area contributed by atoms with Crippen molar-refractivity contribution in [1.82, 2.24) is 19.9 Å². The first-order valence-electron chi connectivity index (χ1n) is 6.13. The third kappa shape index (κ3) is 2.50. The minimum atomic E-state index is 0.0205. The molecule has 0 aliphatic carbocycles. The normalized spacial score (nSPS) is 11.1. The lowest BCUT2D eigenvalue weighted by atomic mass is 10.2. The molecule has 2 heterocycles. The fourth-order valence-electron chi connectivity index (χ4n) is 1.80. The van der Waals surface area contributed by atoms with Gasteiger partial charge < -0.3 is 9.88 Å². The van der Waals surface area contributed by atoms with Gasteiger partial charge in [-0.1, -0.05) is 13.8 Å². The highest BCUT2D eigenvalue weighted by atomic mass is 16.1. The van der Waals surface area contributed by atoms with Gasteiger partial charge in [-0.25, -0.2) is 9.97 Å². The van der Waals surface area contributed by atoms with E-state index in [0.717, 1.165) is 17.0 Å². The van der Waals surface area contributed by atoms with E-state index in [1.54, 1.807) is 6.20 Å². The van der Waals surface area contributed by atoms with E-state index in [9.17, 15) is 4.79 Å². The third-order valence-electron chi connectivity index (χ3n) is 2.89. The number of imidazole rings is 1. The second kappa shape index (κ2) is 5.16. The molecule has 0 radical (unpaired) electrons. The summed E-state index contributed by atoms with van der Waals surface area (Å²) in [7, 11) is 1.95. The van der Waals surface area contributed by atoms with Crippen LogP contribution in [0.2, 0.25) is 0 Å². The highest BCUT2D eigenvalue weighted by Gasteiger charge is 2.09. The van der Waals surface area contributed by atoms with Crippen LogP contribution in [0.5, 0.6) is 0 Å². The van der Waals surface area contributed by atoms with Gasteiger partial charge >= 0.3 is 0 Å². The first-order valence-corrected chi connectivity index (χ1v) is 6.13. The molecule has 0 atom stereocenters. The molecule has 96 valence electrons. The quantitative estimate of drug-likeness (QED) is 0.884. The number of hydrogen-bond acceptors (Lipinski definition) is 3. The Morgan fingerprint density at radius 2 is 2.28 bits per heavy atom. The molecule has 2 rings (SSSR count). The number of amides is 1. The minimum Gasteiger partial charge on any atom is -0.355 e. The number of aryl methyl sites for hydroxylation is 1. The Bertz CT molecular complexity index is 559. The van der Waals surface area contributed by atoms with E-state index in [1.807, 2.05) is 37.6 Å². The number of aromatic nitrogens is 3. The number of hydrogen-bond donors (Lipinski definition) is 1. The molecule has 1 amide bonds. The second-order valence-corrected chi connectivity index (χ2v) is 4.63. The first kappa shape index (κ1) is 12.5. The number of carbonyl (C=O) groups excluding carboxylic acids is 1. The van der Waals surface area contributed by atoms with Crippen molar-refractivity contribution in [1.29, 1.82) is 0 Å². The summed E-state index contributed by atoms with van der Waals surface area (Å²) in [4.78, 5) is 20.2. The predicted octanol–water partition coefficient (Wildman–Crippen LogP) is 1.28. The maximum atomic E-state index is 11.4. The first-order chi connectivity index (χ1) is 8.59. The molecule has 2 aromatic heterocycles. The summed E-state index contributed by atoms with van der Waals surface area (Å²) in [6.07, 6.45) is 2.47. The van der Waals surface area contributed by atoms with E-state index in [0.29, 0.717) is 13.0 Å². The molecule has 0 spiro atoms. The van der Waals surface area contributed by atoms with Gasteiger partial charge in [0.15, 0.2) is 5.65 Å². The molecule has 5 heteroatoms. The van der Waals surface area contributed by atoms with Crippen LogP contribution in [-0.2, 0) is 18.3 Å². The molecule has 0 aliphatic rings. The lowest BCUT2D eigenvalue weighted by Gasteiger charge is -2.07. The standard InChI is InChI=1S/C13H18N4O/c1-9(2)13(18)15-8-6-11-16-10-5-4-7-14-12(10)17(11)3/h4-5,7,9H,6,8H2,1-3H3,(H,15,18). The number of nitrogens with one attached hydrogen (secondary N) is 1. The van der Waals surface area contributed by atoms with Crippen molar-refractivity contribution in [3.63, 3.8) is 0 Å². The fourth-order valence-corrected chi connectivity index (χ4v) is 1.80. The van der Waals surface area contributed by atoms with Gasteiger partial charge in [0, 0.05) is 32.1 Å². The van der Waals surface area contributed by atoms with Crippen molar-refractivity contribution in [3.8, 4) is 0 Å². The van der Waals surface area contributed by atoms with E-state index < -0.39 is 0 Å². The maximum Gasteiger partial charge on any atom is 0.222 e. The van der Waals surface area contributed by atoms with Gasteiger partial charge in [-0.2, -0.15) is 0 Å². The Kier molecular flexibility index (Phi) is 3.60. The van der Waals surface area contributed by atoms with Crippen LogP contribution < -0.4 is 5.32 Å². The zero-order chi connectivity index (χ0) is 13.1. The Labute approximate surface area is 106 Å². The Balaban J connectivity index is 2.04. The van der Waals surface area contributed by atoms with Crippen molar-refractivity contribution < 1.29 is 4.79 Å². The summed E-state index contributed by atoms with van der Waals surface area (Å²) in [6.45, 7) is 4.37. The summed E-state index contributed by atoms with van der Waals surface area (Å²) in [5.41, 5.74) is 1.77. The SMILES string of the molecule is CC(C)C(=O)NCCc1nc2cccnc2n1C. The van der Waals surface area contributed by atoms with Crippen LogP contribution >= 0.6 is 0 Å². The highest BCUT2D eigenvalue weighted by molar-refractivity contribution is 5.77. The van der Waals surface area contributed by atoms with E-state index in [4.69, 9.17) is 0 Å². The molecule has 18 heavy (non-hydrogen) atoms. The fraction of sp³-hybridized carbons (Fsp3) is 0.462. The molecule has 0 aliphatic heterocycles. The lowest BCUT2D eigenvalue weighted by molar-refractivity contribution is -0.123. The van der Waals surface area contributed by atoms with Crippen LogP contribution in [0, 0.1) is 5.92 Å². The summed E-state index contributed by atoms with van der Waals surface area (Å²) < 4.78 is 1.97. The summed E-state index contributed by atoms with van der Waals surface area (Å²) in [5, 5.41) is 2.89. The van der Waals surface area contributed by atoms with E-state index in [2.05, 4.69) is 15.3 Å². The predicted molar refractivity (Wildman–Crippen MR) is 70.1 cm³/mol. The molecule has 0 saturated heterocycles. The third-order valence-corrected chi connectivity index (χ3v) is 2.89. The van der Waals surface area contributed by atoms with E-state index >= 15 is 0 Å². The summed E-state index contributed by atoms with van der Waals surface area (Å²) in [5.74, 6) is 1.03. The van der Waals surface area contributed by atoms with Crippen LogP contribution in [-0.4, -0.2) is 27.0 Å². The Morgan fingerprint density at radius 3 is 2.94 bits per heavy atom. The van der Waals surface area contributed by atoms with Gasteiger partial charge in [-0.3, -0.25) is 4.79 Å². The highest BCUT2D eigenvalue weighted by Crippen LogP contribution is 2.11. The van der Waals surface area contributed by atoms with Crippen molar-refractivity contribution in [3.05, 3.63) is 24.2 Å². The molecule has 0 fully saturated rings. The molecule has 0 saturated carbocycles. The van der Waals surface area contributed by atoms with Crippen LogP contribution in [0.3, 0.4) is 0 Å². The number of carbonyl (C=O) groups is 1. The van der Waals surface area contributed by atoms with Gasteiger partial charge in [0.05, 0.1) is 0 Å². The molecule has 1 N–H and O–H groups in total. The van der Waals surface area contributed by atoms with Crippen LogP contribution in [0.1, 0.15) is 19.7 Å². The topological polar surface area (TPSA) is 59.8 Å². The molecule has 0 aromatic carbocycles. The summed E-state index contributed by atoms with van der Waals surface area (Å²) in [6, 6.07) is 3.82. The van der Waals surface area contributed by atoms with Crippen molar-refractivity contribution in [2.24, 2.45) is 13.0 Å². The molecule has 0 unspecified atom stereocenters. The number of pyridine rings is 1. The van der Waals surface area contributed by atoms with Gasteiger partial charge in [0.25, 0.3) is 0 Å². The van der Waals surface area contributed by atoms with Gasteiger partial charge in [0.1, 0.15) is 11.3 Å². The van der Waals surface area contributed by atoms with Crippen LogP contribution in [0.4, 0.5) is 0 Å². The van der Waals surface area contributed by atoms with Gasteiger partial charge in [-0.15, -0.1) is 0 Å². The van der Waals surface area contributed by atoms with Crippen molar-refractivity contribution in [2.75, 3.05) is 6.54 Å². The van der Waals surface area contributed by atoms with Gasteiger partial charge in [0.2, 0.25) is 5.91 Å². The molecule has 0 bridgehead atoms. The maximum absolute atomic E-state index is 11.4. The smallest absolute Gasteiger partial charge is 0.222 e. The number of nitrogens with zero attached hydrogens (tertiary/aromatic N) is 3. The zero-order valence-electron chi connectivity index (χ0n) is 11.0. The average molecular weight is 246 g/mol. The zero-order valence-corrected chi connectivity index (χ0v) is 11.0. The molecular weight excluding hydrogens is 228 g/mol. The molecule has 5 nitrogen and oxygen atoms in total. The van der Waals surface area contributed by atoms with Crippen LogP contribution in [0.25, 0.3) is 11.2 Å².